The van der Waals surface area contributed by atoms with Gasteiger partial charge in [0.25, 0.3) is 0 Å². The second-order valence-electron chi connectivity index (χ2n) is 4.65. The molecular formula is C11H24N4O. The lowest BCUT2D eigenvalue weighted by Crippen LogP contribution is -2.50. The Hall–Kier alpha value is -0.810. The van der Waals surface area contributed by atoms with Crippen LogP contribution in [0.1, 0.15) is 26.7 Å². The molecule has 5 heteroatoms. The predicted octanol–water partition coefficient (Wildman–Crippen LogP) is 0.573. The maximum absolute atomic E-state index is 5.51. The van der Waals surface area contributed by atoms with E-state index in [1.165, 1.54) is 0 Å². The second-order valence-corrected chi connectivity index (χ2v) is 4.65. The number of aliphatic imine (C=N–C) groups is 1. The van der Waals surface area contributed by atoms with Crippen molar-refractivity contribution in [3.05, 3.63) is 0 Å². The first-order chi connectivity index (χ1) is 7.67. The number of methoxy groups -OCH3 is 1. The first-order valence-corrected chi connectivity index (χ1v) is 5.96. The lowest BCUT2D eigenvalue weighted by atomic mass is 10.1. The fraction of sp³-hybridized carbons (Fsp3) is 0.909. The first-order valence-electron chi connectivity index (χ1n) is 5.96. The Balaban J connectivity index is 2.54. The Bertz CT molecular complexity index is 230. The summed E-state index contributed by atoms with van der Waals surface area (Å²) in [5, 5.41) is 0. The van der Waals surface area contributed by atoms with Crippen molar-refractivity contribution >= 4 is 5.96 Å². The summed E-state index contributed by atoms with van der Waals surface area (Å²) in [6.45, 7) is 6.96. The van der Waals surface area contributed by atoms with Crippen LogP contribution >= 0.6 is 0 Å². The third-order valence-corrected chi connectivity index (χ3v) is 2.75. The fourth-order valence-electron chi connectivity index (χ4n) is 1.83. The Labute approximate surface area is 98.0 Å². The van der Waals surface area contributed by atoms with Crippen LogP contribution in [0, 0.1) is 5.92 Å². The van der Waals surface area contributed by atoms with E-state index in [0.717, 1.165) is 38.4 Å². The van der Waals surface area contributed by atoms with Gasteiger partial charge in [0.15, 0.2) is 0 Å². The van der Waals surface area contributed by atoms with Gasteiger partial charge >= 0.3 is 0 Å². The molecule has 1 unspecified atom stereocenters. The van der Waals surface area contributed by atoms with Gasteiger partial charge in [-0.2, -0.15) is 0 Å². The van der Waals surface area contributed by atoms with Crippen LogP contribution in [0.15, 0.2) is 4.99 Å². The molecule has 0 saturated carbocycles. The molecule has 0 aromatic rings. The number of likely N-dealkylation sites (tertiary alicyclic amines) is 1. The van der Waals surface area contributed by atoms with Gasteiger partial charge in [0.05, 0.1) is 6.10 Å². The van der Waals surface area contributed by atoms with E-state index < -0.39 is 0 Å². The highest BCUT2D eigenvalue weighted by atomic mass is 16.5. The number of hydrazine groups is 1. The second kappa shape index (κ2) is 6.70. The minimum absolute atomic E-state index is 0.298. The smallest absolute Gasteiger partial charge is 0.208 e. The summed E-state index contributed by atoms with van der Waals surface area (Å²) < 4.78 is 5.38. The highest BCUT2D eigenvalue weighted by molar-refractivity contribution is 5.79. The van der Waals surface area contributed by atoms with Crippen LogP contribution in [0.25, 0.3) is 0 Å². The maximum atomic E-state index is 5.51. The van der Waals surface area contributed by atoms with Gasteiger partial charge in [-0.15, -0.1) is 0 Å². The van der Waals surface area contributed by atoms with Crippen molar-refractivity contribution in [2.45, 2.75) is 32.8 Å². The van der Waals surface area contributed by atoms with Gasteiger partial charge in [-0.05, 0) is 18.8 Å². The molecule has 0 amide bonds. The van der Waals surface area contributed by atoms with Crippen LogP contribution in [0.4, 0.5) is 0 Å². The lowest BCUT2D eigenvalue weighted by molar-refractivity contribution is 0.0525. The Morgan fingerprint density at radius 1 is 1.62 bits per heavy atom. The van der Waals surface area contributed by atoms with Crippen molar-refractivity contribution in [1.82, 2.24) is 10.3 Å². The Morgan fingerprint density at radius 2 is 2.38 bits per heavy atom. The van der Waals surface area contributed by atoms with Gasteiger partial charge in [0.1, 0.15) is 0 Å². The Morgan fingerprint density at radius 3 is 2.94 bits per heavy atom. The number of ether oxygens (including phenoxy) is 1. The summed E-state index contributed by atoms with van der Waals surface area (Å²) in [7, 11) is 1.76. The first kappa shape index (κ1) is 13.3. The average molecular weight is 228 g/mol. The largest absolute Gasteiger partial charge is 0.380 e. The molecular weight excluding hydrogens is 204 g/mol. The van der Waals surface area contributed by atoms with E-state index in [-0.39, 0.29) is 0 Å². The fourth-order valence-corrected chi connectivity index (χ4v) is 1.83. The quantitative estimate of drug-likeness (QED) is 0.321. The third-order valence-electron chi connectivity index (χ3n) is 2.75. The summed E-state index contributed by atoms with van der Waals surface area (Å²) in [4.78, 5) is 6.65. The van der Waals surface area contributed by atoms with E-state index in [2.05, 4.69) is 29.2 Å². The number of hydrogen-bond donors (Lipinski definition) is 2. The molecule has 0 aromatic carbocycles. The van der Waals surface area contributed by atoms with Gasteiger partial charge in [0.2, 0.25) is 5.96 Å². The third kappa shape index (κ3) is 3.98. The highest BCUT2D eigenvalue weighted by Gasteiger charge is 2.21. The number of rotatable bonds is 3. The zero-order chi connectivity index (χ0) is 12.0. The normalized spacial score (nSPS) is 22.7. The summed E-state index contributed by atoms with van der Waals surface area (Å²) in [6.07, 6.45) is 2.54. The number of piperidine rings is 1. The molecule has 1 fully saturated rings. The van der Waals surface area contributed by atoms with E-state index in [0.29, 0.717) is 12.0 Å². The molecule has 16 heavy (non-hydrogen) atoms. The van der Waals surface area contributed by atoms with Crippen LogP contribution < -0.4 is 11.3 Å². The minimum atomic E-state index is 0.298. The van der Waals surface area contributed by atoms with Crippen molar-refractivity contribution in [2.75, 3.05) is 26.7 Å². The molecule has 1 rings (SSSR count). The summed E-state index contributed by atoms with van der Waals surface area (Å²) in [6, 6.07) is 0. The molecule has 1 aliphatic rings. The summed E-state index contributed by atoms with van der Waals surface area (Å²) >= 11 is 0. The van der Waals surface area contributed by atoms with E-state index in [1.807, 2.05) is 0 Å². The van der Waals surface area contributed by atoms with Crippen molar-refractivity contribution < 1.29 is 4.74 Å². The summed E-state index contributed by atoms with van der Waals surface area (Å²) in [5.41, 5.74) is 2.69. The van der Waals surface area contributed by atoms with Crippen molar-refractivity contribution in [3.8, 4) is 0 Å². The summed E-state index contributed by atoms with van der Waals surface area (Å²) in [5.74, 6) is 6.85. The molecule has 0 bridgehead atoms. The molecule has 1 atom stereocenters. The van der Waals surface area contributed by atoms with Gasteiger partial charge in [0, 0.05) is 26.7 Å². The topological polar surface area (TPSA) is 62.9 Å². The van der Waals surface area contributed by atoms with Gasteiger partial charge < -0.3 is 9.64 Å². The highest BCUT2D eigenvalue weighted by Crippen LogP contribution is 2.12. The molecule has 3 N–H and O–H groups in total. The number of hydrogen-bond acceptors (Lipinski definition) is 3. The van der Waals surface area contributed by atoms with E-state index >= 15 is 0 Å². The van der Waals surface area contributed by atoms with Crippen LogP contribution in [-0.2, 0) is 4.74 Å². The monoisotopic (exact) mass is 228 g/mol. The van der Waals surface area contributed by atoms with E-state index in [1.54, 1.807) is 7.11 Å². The molecule has 5 nitrogen and oxygen atoms in total. The molecule has 1 aliphatic heterocycles. The van der Waals surface area contributed by atoms with Crippen molar-refractivity contribution in [1.29, 1.82) is 0 Å². The van der Waals surface area contributed by atoms with Crippen molar-refractivity contribution in [3.63, 3.8) is 0 Å². The van der Waals surface area contributed by atoms with Crippen LogP contribution in [0.2, 0.25) is 0 Å². The van der Waals surface area contributed by atoms with E-state index in [9.17, 15) is 0 Å². The minimum Gasteiger partial charge on any atom is -0.380 e. The van der Waals surface area contributed by atoms with Gasteiger partial charge in [-0.1, -0.05) is 13.8 Å². The molecule has 0 radical (unpaired) electrons. The van der Waals surface area contributed by atoms with Crippen molar-refractivity contribution in [2.24, 2.45) is 16.8 Å². The maximum Gasteiger partial charge on any atom is 0.208 e. The van der Waals surface area contributed by atoms with Crippen LogP contribution in [0.5, 0.6) is 0 Å². The average Bonchev–Trinajstić information content (AvgIpc) is 2.30. The zero-order valence-corrected chi connectivity index (χ0v) is 10.6. The number of nitrogens with two attached hydrogens (primary N) is 1. The molecule has 1 heterocycles. The molecule has 0 spiro atoms. The molecule has 0 aliphatic carbocycles. The molecule has 0 aromatic heterocycles. The van der Waals surface area contributed by atoms with Gasteiger partial charge in [-0.3, -0.25) is 10.4 Å². The van der Waals surface area contributed by atoms with E-state index in [4.69, 9.17) is 10.6 Å². The molecule has 1 saturated heterocycles. The van der Waals surface area contributed by atoms with Crippen LogP contribution in [0.3, 0.4) is 0 Å². The number of nitrogens with zero attached hydrogens (tertiary/aromatic N) is 2. The lowest BCUT2D eigenvalue weighted by Gasteiger charge is -2.33. The SMILES string of the molecule is COC1CCCN(C(=NCC(C)C)NN)C1. The van der Waals surface area contributed by atoms with Crippen LogP contribution in [-0.4, -0.2) is 43.7 Å². The number of nitrogens with one attached hydrogen (secondary N) is 1. The van der Waals surface area contributed by atoms with Gasteiger partial charge in [-0.25, -0.2) is 5.84 Å². The Kier molecular flexibility index (Phi) is 5.55. The zero-order valence-electron chi connectivity index (χ0n) is 10.6. The predicted molar refractivity (Wildman–Crippen MR) is 66.1 cm³/mol. The standard InChI is InChI=1S/C11H24N4O/c1-9(2)7-13-11(14-12)15-6-4-5-10(8-15)16-3/h9-10H,4-8,12H2,1-3H3,(H,13,14). The number of guanidine groups is 1. The molecule has 94 valence electrons.